The molecule has 0 spiro atoms. The van der Waals surface area contributed by atoms with Crippen molar-refractivity contribution in [1.29, 1.82) is 0 Å². The third-order valence-electron chi connectivity index (χ3n) is 4.04. The topological polar surface area (TPSA) is 49.4 Å². The molecule has 1 aliphatic carbocycles. The Kier molecular flexibility index (Phi) is 4.65. The van der Waals surface area contributed by atoms with Crippen molar-refractivity contribution in [2.75, 3.05) is 14.1 Å². The van der Waals surface area contributed by atoms with E-state index in [9.17, 15) is 17.2 Å². The summed E-state index contributed by atoms with van der Waals surface area (Å²) in [7, 11) is -0.981. The van der Waals surface area contributed by atoms with E-state index in [0.29, 0.717) is 5.92 Å². The Morgan fingerprint density at radius 1 is 1.38 bits per heavy atom. The van der Waals surface area contributed by atoms with Crippen molar-refractivity contribution >= 4 is 10.0 Å². The lowest BCUT2D eigenvalue weighted by molar-refractivity contribution is 0.354. The van der Waals surface area contributed by atoms with Crippen molar-refractivity contribution in [3.8, 4) is 0 Å². The molecule has 4 nitrogen and oxygen atoms in total. The van der Waals surface area contributed by atoms with Gasteiger partial charge in [-0.3, -0.25) is 0 Å². The highest BCUT2D eigenvalue weighted by atomic mass is 32.2. The minimum absolute atomic E-state index is 0.0665. The second kappa shape index (κ2) is 5.98. The summed E-state index contributed by atoms with van der Waals surface area (Å²) in [5.41, 5.74) is -0.258. The van der Waals surface area contributed by atoms with Crippen LogP contribution in [0.5, 0.6) is 0 Å². The Balaban J connectivity index is 2.42. The van der Waals surface area contributed by atoms with Gasteiger partial charge in [0.05, 0.1) is 0 Å². The van der Waals surface area contributed by atoms with Crippen LogP contribution in [0.2, 0.25) is 0 Å². The number of benzene rings is 1. The van der Waals surface area contributed by atoms with Gasteiger partial charge in [0.2, 0.25) is 10.0 Å². The van der Waals surface area contributed by atoms with E-state index in [-0.39, 0.29) is 18.2 Å². The molecule has 1 N–H and O–H groups in total. The van der Waals surface area contributed by atoms with Crippen LogP contribution in [0.15, 0.2) is 17.0 Å². The van der Waals surface area contributed by atoms with E-state index in [1.807, 2.05) is 6.92 Å². The van der Waals surface area contributed by atoms with Gasteiger partial charge < -0.3 is 5.32 Å². The lowest BCUT2D eigenvalue weighted by Crippen LogP contribution is -2.37. The molecule has 0 bridgehead atoms. The molecule has 7 heteroatoms. The fourth-order valence-corrected chi connectivity index (χ4v) is 3.87. The standard InChI is InChI=1S/C14H20F2N2O2S/c1-9(10-4-5-10)18(3)21(19,20)13-7-6-12(15)11(8-17-2)14(13)16/h6-7,9-10,17H,4-5,8H2,1-3H3. The number of nitrogens with zero attached hydrogens (tertiary/aromatic N) is 1. The van der Waals surface area contributed by atoms with E-state index in [1.165, 1.54) is 11.4 Å². The molecule has 0 amide bonds. The summed E-state index contributed by atoms with van der Waals surface area (Å²) < 4.78 is 54.2. The molecule has 0 saturated heterocycles. The smallest absolute Gasteiger partial charge is 0.245 e. The largest absolute Gasteiger partial charge is 0.315 e. The lowest BCUT2D eigenvalue weighted by atomic mass is 10.2. The minimum Gasteiger partial charge on any atom is -0.315 e. The molecule has 0 heterocycles. The first-order valence-corrected chi connectivity index (χ1v) is 8.34. The van der Waals surface area contributed by atoms with Crippen LogP contribution in [0, 0.1) is 17.6 Å². The molecule has 1 fully saturated rings. The van der Waals surface area contributed by atoms with Crippen LogP contribution in [-0.2, 0) is 16.6 Å². The maximum absolute atomic E-state index is 14.4. The normalized spacial score (nSPS) is 17.2. The van der Waals surface area contributed by atoms with E-state index >= 15 is 0 Å². The maximum Gasteiger partial charge on any atom is 0.245 e. The zero-order valence-electron chi connectivity index (χ0n) is 12.4. The van der Waals surface area contributed by atoms with Crippen LogP contribution in [0.25, 0.3) is 0 Å². The first kappa shape index (κ1) is 16.3. The summed E-state index contributed by atoms with van der Waals surface area (Å²) in [4.78, 5) is -0.468. The first-order chi connectivity index (χ1) is 9.80. The number of sulfonamides is 1. The highest BCUT2D eigenvalue weighted by molar-refractivity contribution is 7.89. The minimum atomic E-state index is -3.97. The fourth-order valence-electron chi connectivity index (χ4n) is 2.36. The summed E-state index contributed by atoms with van der Waals surface area (Å²) in [6, 6.07) is 1.81. The predicted molar refractivity (Wildman–Crippen MR) is 76.3 cm³/mol. The molecule has 1 aliphatic rings. The lowest BCUT2D eigenvalue weighted by Gasteiger charge is -2.24. The average molecular weight is 318 g/mol. The third-order valence-corrected chi connectivity index (χ3v) is 6.00. The monoisotopic (exact) mass is 318 g/mol. The molecule has 0 aromatic heterocycles. The molecule has 0 aliphatic heterocycles. The van der Waals surface area contributed by atoms with Crippen molar-refractivity contribution in [3.63, 3.8) is 0 Å². The highest BCUT2D eigenvalue weighted by Crippen LogP contribution is 2.36. The van der Waals surface area contributed by atoms with Gasteiger partial charge in [-0.15, -0.1) is 0 Å². The molecule has 1 aromatic rings. The summed E-state index contributed by atoms with van der Waals surface area (Å²) in [6.07, 6.45) is 1.97. The molecule has 2 rings (SSSR count). The number of halogens is 2. The third kappa shape index (κ3) is 3.09. The Bertz CT molecular complexity index is 630. The molecule has 21 heavy (non-hydrogen) atoms. The van der Waals surface area contributed by atoms with Gasteiger partial charge >= 0.3 is 0 Å². The first-order valence-electron chi connectivity index (χ1n) is 6.90. The van der Waals surface area contributed by atoms with E-state index < -0.39 is 26.6 Å². The molecule has 1 atom stereocenters. The van der Waals surface area contributed by atoms with Crippen LogP contribution >= 0.6 is 0 Å². The van der Waals surface area contributed by atoms with Gasteiger partial charge in [-0.2, -0.15) is 4.31 Å². The quantitative estimate of drug-likeness (QED) is 0.874. The van der Waals surface area contributed by atoms with Crippen molar-refractivity contribution < 1.29 is 17.2 Å². The van der Waals surface area contributed by atoms with Crippen molar-refractivity contribution in [2.45, 2.75) is 37.2 Å². The van der Waals surface area contributed by atoms with E-state index in [2.05, 4.69) is 5.32 Å². The summed E-state index contributed by atoms with van der Waals surface area (Å²) in [5, 5.41) is 2.64. The Morgan fingerprint density at radius 2 is 2.00 bits per heavy atom. The Labute approximate surface area is 124 Å². The van der Waals surface area contributed by atoms with Crippen LogP contribution in [-0.4, -0.2) is 32.9 Å². The molecular formula is C14H20F2N2O2S. The summed E-state index contributed by atoms with van der Waals surface area (Å²) >= 11 is 0. The second-order valence-electron chi connectivity index (χ2n) is 5.47. The number of rotatable bonds is 6. The zero-order chi connectivity index (χ0) is 15.8. The molecule has 1 aromatic carbocycles. The van der Waals surface area contributed by atoms with Gasteiger partial charge in [0.25, 0.3) is 0 Å². The molecule has 1 unspecified atom stereocenters. The molecule has 118 valence electrons. The van der Waals surface area contributed by atoms with Gasteiger partial charge in [-0.25, -0.2) is 17.2 Å². The summed E-state index contributed by atoms with van der Waals surface area (Å²) in [6.45, 7) is 1.74. The Morgan fingerprint density at radius 3 is 2.52 bits per heavy atom. The van der Waals surface area contributed by atoms with Gasteiger partial charge in [0.15, 0.2) is 5.82 Å². The van der Waals surface area contributed by atoms with Crippen molar-refractivity contribution in [3.05, 3.63) is 29.3 Å². The Hall–Kier alpha value is -1.05. The fraction of sp³-hybridized carbons (Fsp3) is 0.571. The van der Waals surface area contributed by atoms with Gasteiger partial charge in [-0.1, -0.05) is 0 Å². The van der Waals surface area contributed by atoms with Crippen molar-refractivity contribution in [1.82, 2.24) is 9.62 Å². The van der Waals surface area contributed by atoms with Crippen LogP contribution < -0.4 is 5.32 Å². The van der Waals surface area contributed by atoms with Crippen LogP contribution in [0.3, 0.4) is 0 Å². The highest BCUT2D eigenvalue weighted by Gasteiger charge is 2.37. The van der Waals surface area contributed by atoms with Crippen LogP contribution in [0.4, 0.5) is 8.78 Å². The predicted octanol–water partition coefficient (Wildman–Crippen LogP) is 2.10. The molecular weight excluding hydrogens is 298 g/mol. The zero-order valence-corrected chi connectivity index (χ0v) is 13.2. The number of nitrogens with one attached hydrogen (secondary N) is 1. The van der Waals surface area contributed by atoms with Crippen molar-refractivity contribution in [2.24, 2.45) is 5.92 Å². The van der Waals surface area contributed by atoms with Gasteiger partial charge in [0.1, 0.15) is 10.7 Å². The average Bonchev–Trinajstić information content (AvgIpc) is 3.25. The van der Waals surface area contributed by atoms with E-state index in [0.717, 1.165) is 25.0 Å². The van der Waals surface area contributed by atoms with Gasteiger partial charge in [0, 0.05) is 25.2 Å². The van der Waals surface area contributed by atoms with E-state index in [1.54, 1.807) is 7.05 Å². The van der Waals surface area contributed by atoms with E-state index in [4.69, 9.17) is 0 Å². The molecule has 0 radical (unpaired) electrons. The number of hydrogen-bond donors (Lipinski definition) is 1. The summed E-state index contributed by atoms with van der Waals surface area (Å²) in [5.74, 6) is -1.44. The van der Waals surface area contributed by atoms with Crippen LogP contribution in [0.1, 0.15) is 25.3 Å². The second-order valence-corrected chi connectivity index (χ2v) is 7.43. The molecule has 1 saturated carbocycles. The number of hydrogen-bond acceptors (Lipinski definition) is 3. The van der Waals surface area contributed by atoms with Gasteiger partial charge in [-0.05, 0) is 44.9 Å². The SMILES string of the molecule is CNCc1c(F)ccc(S(=O)(=O)N(C)C(C)C2CC2)c1F. The maximum atomic E-state index is 14.4.